The molecule has 0 aromatic heterocycles. The number of hydrogen-bond donors (Lipinski definition) is 0. The Morgan fingerprint density at radius 1 is 1.16 bits per heavy atom. The first kappa shape index (κ1) is 20.5. The van der Waals surface area contributed by atoms with Gasteiger partial charge in [-0.1, -0.05) is 0 Å². The SMILES string of the molecule is CC(C)(C)OC(=O)N1CCOCCC1CCB1OC(C)(C)C(C)(C)O1. The van der Waals surface area contributed by atoms with Gasteiger partial charge in [0.15, 0.2) is 0 Å². The summed E-state index contributed by atoms with van der Waals surface area (Å²) in [6, 6.07) is 0.0800. The molecule has 0 spiro atoms. The van der Waals surface area contributed by atoms with Gasteiger partial charge < -0.3 is 23.7 Å². The van der Waals surface area contributed by atoms with Gasteiger partial charge in [0.1, 0.15) is 5.60 Å². The molecule has 25 heavy (non-hydrogen) atoms. The van der Waals surface area contributed by atoms with Crippen molar-refractivity contribution in [3.8, 4) is 0 Å². The molecular formula is C18H34BNO5. The van der Waals surface area contributed by atoms with Gasteiger partial charge in [-0.2, -0.15) is 0 Å². The number of rotatable bonds is 3. The molecule has 0 N–H and O–H groups in total. The van der Waals surface area contributed by atoms with E-state index < -0.39 is 5.60 Å². The molecule has 2 rings (SSSR count). The molecule has 2 fully saturated rings. The fourth-order valence-electron chi connectivity index (χ4n) is 3.10. The Hall–Kier alpha value is -0.785. The van der Waals surface area contributed by atoms with Gasteiger partial charge in [-0.3, -0.25) is 0 Å². The van der Waals surface area contributed by atoms with Crippen molar-refractivity contribution in [1.29, 1.82) is 0 Å². The van der Waals surface area contributed by atoms with Crippen molar-refractivity contribution < 1.29 is 23.6 Å². The maximum absolute atomic E-state index is 12.6. The predicted molar refractivity (Wildman–Crippen MR) is 97.7 cm³/mol. The fraction of sp³-hybridized carbons (Fsp3) is 0.944. The standard InChI is InChI=1S/C18H34BNO5/c1-16(2,3)23-15(21)20-11-13-22-12-9-14(20)8-10-19-24-17(4,5)18(6,7)25-19/h14H,8-13H2,1-7H3. The van der Waals surface area contributed by atoms with Crippen molar-refractivity contribution in [3.05, 3.63) is 0 Å². The molecule has 2 heterocycles. The Balaban J connectivity index is 1.96. The summed E-state index contributed by atoms with van der Waals surface area (Å²) in [6.45, 7) is 15.6. The van der Waals surface area contributed by atoms with E-state index in [1.165, 1.54) is 0 Å². The molecule has 0 radical (unpaired) electrons. The van der Waals surface area contributed by atoms with Crippen molar-refractivity contribution in [3.63, 3.8) is 0 Å². The third-order valence-electron chi connectivity index (χ3n) is 5.18. The van der Waals surface area contributed by atoms with Gasteiger partial charge in [-0.25, -0.2) is 4.79 Å². The molecular weight excluding hydrogens is 321 g/mol. The van der Waals surface area contributed by atoms with Gasteiger partial charge >= 0.3 is 13.2 Å². The molecule has 0 aromatic rings. The van der Waals surface area contributed by atoms with Gasteiger partial charge in [0.05, 0.1) is 17.8 Å². The topological polar surface area (TPSA) is 57.2 Å². The zero-order valence-electron chi connectivity index (χ0n) is 16.9. The number of amides is 1. The summed E-state index contributed by atoms with van der Waals surface area (Å²) in [5.41, 5.74) is -1.15. The van der Waals surface area contributed by atoms with E-state index in [1.54, 1.807) is 0 Å². The minimum absolute atomic E-state index is 0.0800. The summed E-state index contributed by atoms with van der Waals surface area (Å²) in [5.74, 6) is 0. The lowest BCUT2D eigenvalue weighted by Crippen LogP contribution is -2.44. The molecule has 0 bridgehead atoms. The number of nitrogens with zero attached hydrogens (tertiary/aromatic N) is 1. The Bertz CT molecular complexity index is 459. The van der Waals surface area contributed by atoms with Crippen LogP contribution < -0.4 is 0 Å². The van der Waals surface area contributed by atoms with E-state index in [4.69, 9.17) is 18.8 Å². The number of carbonyl (C=O) groups excluding carboxylic acids is 1. The molecule has 144 valence electrons. The van der Waals surface area contributed by atoms with Crippen LogP contribution in [-0.4, -0.2) is 60.7 Å². The van der Waals surface area contributed by atoms with Crippen LogP contribution in [0.5, 0.6) is 0 Å². The zero-order valence-corrected chi connectivity index (χ0v) is 16.9. The van der Waals surface area contributed by atoms with Crippen LogP contribution in [0.4, 0.5) is 4.79 Å². The van der Waals surface area contributed by atoms with E-state index in [0.29, 0.717) is 19.8 Å². The van der Waals surface area contributed by atoms with Crippen LogP contribution in [0.2, 0.25) is 6.32 Å². The predicted octanol–water partition coefficient (Wildman–Crippen LogP) is 3.49. The third-order valence-corrected chi connectivity index (χ3v) is 5.18. The van der Waals surface area contributed by atoms with Gasteiger partial charge in [0, 0.05) is 19.2 Å². The van der Waals surface area contributed by atoms with Crippen LogP contribution in [-0.2, 0) is 18.8 Å². The summed E-state index contributed by atoms with van der Waals surface area (Å²) >= 11 is 0. The van der Waals surface area contributed by atoms with Crippen LogP contribution >= 0.6 is 0 Å². The third kappa shape index (κ3) is 5.34. The molecule has 0 saturated carbocycles. The quantitative estimate of drug-likeness (QED) is 0.726. The van der Waals surface area contributed by atoms with Crippen LogP contribution in [0, 0.1) is 0 Å². The monoisotopic (exact) mass is 355 g/mol. The highest BCUT2D eigenvalue weighted by atomic mass is 16.7. The van der Waals surface area contributed by atoms with Gasteiger partial charge in [0.25, 0.3) is 0 Å². The normalized spacial score (nSPS) is 26.4. The molecule has 2 aliphatic heterocycles. The summed E-state index contributed by atoms with van der Waals surface area (Å²) in [4.78, 5) is 14.4. The zero-order chi connectivity index (χ0) is 18.9. The summed E-state index contributed by atoms with van der Waals surface area (Å²) in [7, 11) is -0.241. The first-order chi connectivity index (χ1) is 11.4. The first-order valence-electron chi connectivity index (χ1n) is 9.34. The molecule has 1 atom stereocenters. The van der Waals surface area contributed by atoms with Crippen molar-refractivity contribution >= 4 is 13.2 Å². The van der Waals surface area contributed by atoms with E-state index in [1.807, 2.05) is 25.7 Å². The van der Waals surface area contributed by atoms with Crippen molar-refractivity contribution in [2.75, 3.05) is 19.8 Å². The van der Waals surface area contributed by atoms with Crippen molar-refractivity contribution in [2.24, 2.45) is 0 Å². The smallest absolute Gasteiger partial charge is 0.444 e. The largest absolute Gasteiger partial charge is 0.457 e. The Kier molecular flexibility index (Phi) is 6.12. The number of carbonyl (C=O) groups is 1. The minimum atomic E-state index is -0.499. The van der Waals surface area contributed by atoms with Crippen LogP contribution in [0.1, 0.15) is 61.3 Å². The van der Waals surface area contributed by atoms with E-state index in [-0.39, 0.29) is 30.5 Å². The molecule has 2 saturated heterocycles. The minimum Gasteiger partial charge on any atom is -0.444 e. The lowest BCUT2D eigenvalue weighted by molar-refractivity contribution is 0.00578. The second kappa shape index (κ2) is 7.45. The van der Waals surface area contributed by atoms with E-state index in [0.717, 1.165) is 19.2 Å². The summed E-state index contributed by atoms with van der Waals surface area (Å²) in [5, 5.41) is 0. The average molecular weight is 355 g/mol. The van der Waals surface area contributed by atoms with Crippen molar-refractivity contribution in [2.45, 2.75) is 90.5 Å². The van der Waals surface area contributed by atoms with Crippen LogP contribution in [0.15, 0.2) is 0 Å². The number of ether oxygens (including phenoxy) is 2. The summed E-state index contributed by atoms with van der Waals surface area (Å²) in [6.07, 6.45) is 2.09. The second-order valence-electron chi connectivity index (χ2n) is 8.99. The second-order valence-corrected chi connectivity index (χ2v) is 8.99. The van der Waals surface area contributed by atoms with Gasteiger partial charge in [-0.05, 0) is 67.6 Å². The Morgan fingerprint density at radius 2 is 1.76 bits per heavy atom. The lowest BCUT2D eigenvalue weighted by Gasteiger charge is -2.32. The molecule has 0 aliphatic carbocycles. The molecule has 0 aromatic carbocycles. The van der Waals surface area contributed by atoms with E-state index in [2.05, 4.69) is 27.7 Å². The highest BCUT2D eigenvalue weighted by molar-refractivity contribution is 6.45. The van der Waals surface area contributed by atoms with Crippen LogP contribution in [0.3, 0.4) is 0 Å². The lowest BCUT2D eigenvalue weighted by atomic mass is 9.80. The van der Waals surface area contributed by atoms with Gasteiger partial charge in [-0.15, -0.1) is 0 Å². The molecule has 7 heteroatoms. The highest BCUT2D eigenvalue weighted by Crippen LogP contribution is 2.38. The fourth-order valence-corrected chi connectivity index (χ4v) is 3.10. The molecule has 6 nitrogen and oxygen atoms in total. The van der Waals surface area contributed by atoms with Gasteiger partial charge in [0.2, 0.25) is 0 Å². The maximum Gasteiger partial charge on any atom is 0.457 e. The summed E-state index contributed by atoms with van der Waals surface area (Å²) < 4.78 is 23.3. The molecule has 2 aliphatic rings. The maximum atomic E-state index is 12.6. The molecule has 1 unspecified atom stereocenters. The van der Waals surface area contributed by atoms with E-state index >= 15 is 0 Å². The number of hydrogen-bond acceptors (Lipinski definition) is 5. The van der Waals surface area contributed by atoms with E-state index in [9.17, 15) is 4.79 Å². The Morgan fingerprint density at radius 3 is 2.32 bits per heavy atom. The van der Waals surface area contributed by atoms with Crippen LogP contribution in [0.25, 0.3) is 0 Å². The Labute approximate surface area is 152 Å². The van der Waals surface area contributed by atoms with Crippen molar-refractivity contribution in [1.82, 2.24) is 4.90 Å². The highest BCUT2D eigenvalue weighted by Gasteiger charge is 2.50. The average Bonchev–Trinajstić information content (AvgIpc) is 2.61. The first-order valence-corrected chi connectivity index (χ1v) is 9.34. The molecule has 1 amide bonds.